The Morgan fingerprint density at radius 1 is 1.21 bits per heavy atom. The Balaban J connectivity index is 0.00000187. The normalized spacial score (nSPS) is 18.8. The van der Waals surface area contributed by atoms with Gasteiger partial charge in [0.05, 0.1) is 11.9 Å². The Bertz CT molecular complexity index is 734. The number of likely N-dealkylation sites (N-methyl/N-ethyl adjacent to an activating group) is 1. The minimum absolute atomic E-state index is 0.243. The van der Waals surface area contributed by atoms with Crippen LogP contribution in [0.2, 0.25) is 0 Å². The number of carbonyl (C=O) groups is 2. The van der Waals surface area contributed by atoms with Crippen molar-refractivity contribution < 1.29 is 14.0 Å². The Labute approximate surface area is 197 Å². The largest absolute Gasteiger partial charge is 0.372 e. The second kappa shape index (κ2) is 14.1. The first-order valence-electron chi connectivity index (χ1n) is 12.2. The monoisotopic (exact) mass is 464 g/mol. The van der Waals surface area contributed by atoms with Crippen LogP contribution in [0, 0.1) is 11.7 Å². The van der Waals surface area contributed by atoms with Crippen molar-refractivity contribution in [3.8, 4) is 0 Å². The molecule has 2 aliphatic heterocycles. The number of anilines is 2. The number of piperidine rings is 1. The highest BCUT2D eigenvalue weighted by Crippen LogP contribution is 2.23. The number of nitrogens with one attached hydrogen (secondary N) is 2. The molecule has 2 N–H and O–H groups in total. The molecule has 33 heavy (non-hydrogen) atoms. The number of piperazine rings is 1. The number of carbonyl (C=O) groups excluding carboxylic acids is 2. The molecule has 3 rings (SSSR count). The first-order chi connectivity index (χ1) is 16.0. The van der Waals surface area contributed by atoms with Crippen LogP contribution in [0.3, 0.4) is 0 Å². The van der Waals surface area contributed by atoms with Crippen molar-refractivity contribution in [1.82, 2.24) is 20.1 Å². The van der Waals surface area contributed by atoms with E-state index in [0.29, 0.717) is 17.9 Å². The zero-order chi connectivity index (χ0) is 24.2. The molecular weight excluding hydrogens is 423 g/mol. The molecule has 0 spiro atoms. The van der Waals surface area contributed by atoms with Crippen LogP contribution in [0.5, 0.6) is 0 Å². The molecule has 0 radical (unpaired) electrons. The van der Waals surface area contributed by atoms with E-state index in [1.165, 1.54) is 39.0 Å². The first kappa shape index (κ1) is 27.0. The van der Waals surface area contributed by atoms with Gasteiger partial charge in [-0.15, -0.1) is 0 Å². The summed E-state index contributed by atoms with van der Waals surface area (Å²) in [6.07, 6.45) is 5.43. The maximum Gasteiger partial charge on any atom is 0.242 e. The highest BCUT2D eigenvalue weighted by atomic mass is 19.1. The van der Waals surface area contributed by atoms with E-state index in [1.807, 2.05) is 18.7 Å². The zero-order valence-corrected chi connectivity index (χ0v) is 20.6. The molecule has 2 saturated heterocycles. The summed E-state index contributed by atoms with van der Waals surface area (Å²) in [6.45, 7) is 10.8. The minimum atomic E-state index is -0.606. The van der Waals surface area contributed by atoms with E-state index in [2.05, 4.69) is 32.5 Å². The van der Waals surface area contributed by atoms with Crippen LogP contribution in [0.1, 0.15) is 39.5 Å². The van der Waals surface area contributed by atoms with Gasteiger partial charge in [0.15, 0.2) is 11.6 Å². The number of aromatic nitrogens is 1. The van der Waals surface area contributed by atoms with Gasteiger partial charge in [0.25, 0.3) is 0 Å². The van der Waals surface area contributed by atoms with E-state index in [1.54, 1.807) is 6.20 Å². The predicted molar refractivity (Wildman–Crippen MR) is 131 cm³/mol. The van der Waals surface area contributed by atoms with E-state index >= 15 is 0 Å². The number of amides is 1. The van der Waals surface area contributed by atoms with Gasteiger partial charge in [-0.1, -0.05) is 13.8 Å². The van der Waals surface area contributed by atoms with Crippen molar-refractivity contribution in [2.24, 2.45) is 5.92 Å². The Kier molecular flexibility index (Phi) is 11.5. The van der Waals surface area contributed by atoms with Crippen LogP contribution in [-0.4, -0.2) is 92.9 Å². The number of hydrogen-bond donors (Lipinski definition) is 2. The molecule has 1 aromatic rings. The van der Waals surface area contributed by atoms with Crippen molar-refractivity contribution in [3.05, 3.63) is 18.1 Å². The molecule has 3 heterocycles. The first-order valence-corrected chi connectivity index (χ1v) is 12.2. The molecule has 186 valence electrons. The molecule has 0 saturated carbocycles. The van der Waals surface area contributed by atoms with Crippen LogP contribution >= 0.6 is 0 Å². The Morgan fingerprint density at radius 2 is 1.88 bits per heavy atom. The molecule has 9 heteroatoms. The van der Waals surface area contributed by atoms with Crippen LogP contribution < -0.4 is 15.5 Å². The van der Waals surface area contributed by atoms with Gasteiger partial charge >= 0.3 is 0 Å². The quantitative estimate of drug-likeness (QED) is 0.543. The average Bonchev–Trinajstić information content (AvgIpc) is 2.84. The number of likely N-dealkylation sites (tertiary alicyclic amines) is 1. The molecule has 2 fully saturated rings. The molecule has 0 aliphatic carbocycles. The van der Waals surface area contributed by atoms with Crippen molar-refractivity contribution >= 4 is 23.7 Å². The van der Waals surface area contributed by atoms with Gasteiger partial charge in [0, 0.05) is 52.3 Å². The molecule has 0 bridgehead atoms. The lowest BCUT2D eigenvalue weighted by atomic mass is 9.96. The maximum atomic E-state index is 14.8. The summed E-state index contributed by atoms with van der Waals surface area (Å²) in [4.78, 5) is 33.8. The number of halogens is 1. The second-order valence-corrected chi connectivity index (χ2v) is 8.62. The molecule has 1 amide bonds. The predicted octanol–water partition coefficient (Wildman–Crippen LogP) is 2.22. The topological polar surface area (TPSA) is 80.8 Å². The van der Waals surface area contributed by atoms with Crippen molar-refractivity contribution in [1.29, 1.82) is 0 Å². The van der Waals surface area contributed by atoms with Gasteiger partial charge in [-0.05, 0) is 45.3 Å². The Morgan fingerprint density at radius 3 is 2.45 bits per heavy atom. The SMILES string of the molecule is CC.CNC(=O)C(CCC=O)Nc1cnc(N2CCN(CC3CCN(C)CC3)CC2)c(F)c1. The van der Waals surface area contributed by atoms with Crippen molar-refractivity contribution in [2.45, 2.75) is 45.6 Å². The standard InChI is InChI=1S/C22H35FN6O2.C2H6/c1-24-22(31)20(4-3-13-30)26-18-14-19(23)21(25-15-18)29-11-9-28(10-12-29)16-17-5-7-27(2)8-6-17;1-2/h13-15,17,20,26H,3-12,16H2,1-2H3,(H,24,31);1-2H3. The number of rotatable bonds is 9. The molecule has 8 nitrogen and oxygen atoms in total. The van der Waals surface area contributed by atoms with Gasteiger partial charge in [-0.2, -0.15) is 0 Å². The fourth-order valence-electron chi connectivity index (χ4n) is 4.37. The smallest absolute Gasteiger partial charge is 0.242 e. The molecule has 2 aliphatic rings. The van der Waals surface area contributed by atoms with Crippen LogP contribution in [0.4, 0.5) is 15.9 Å². The van der Waals surface area contributed by atoms with Gasteiger partial charge in [0.1, 0.15) is 12.3 Å². The summed E-state index contributed by atoms with van der Waals surface area (Å²) in [5.74, 6) is 0.469. The van der Waals surface area contributed by atoms with Gasteiger partial charge in [0.2, 0.25) is 5.91 Å². The highest BCUT2D eigenvalue weighted by Gasteiger charge is 2.25. The summed E-state index contributed by atoms with van der Waals surface area (Å²) in [7, 11) is 3.72. The fraction of sp³-hybridized carbons (Fsp3) is 0.708. The van der Waals surface area contributed by atoms with Gasteiger partial charge < -0.3 is 25.2 Å². The van der Waals surface area contributed by atoms with E-state index < -0.39 is 11.9 Å². The van der Waals surface area contributed by atoms with Crippen LogP contribution in [-0.2, 0) is 9.59 Å². The van der Waals surface area contributed by atoms with Gasteiger partial charge in [-0.25, -0.2) is 9.37 Å². The minimum Gasteiger partial charge on any atom is -0.372 e. The summed E-state index contributed by atoms with van der Waals surface area (Å²) >= 11 is 0. The maximum absolute atomic E-state index is 14.8. The lowest BCUT2D eigenvalue weighted by molar-refractivity contribution is -0.121. The van der Waals surface area contributed by atoms with E-state index in [0.717, 1.165) is 44.9 Å². The van der Waals surface area contributed by atoms with Crippen LogP contribution in [0.25, 0.3) is 0 Å². The zero-order valence-electron chi connectivity index (χ0n) is 20.6. The third-order valence-electron chi connectivity index (χ3n) is 6.33. The fourth-order valence-corrected chi connectivity index (χ4v) is 4.37. The average molecular weight is 465 g/mol. The number of aldehydes is 1. The van der Waals surface area contributed by atoms with E-state index in [9.17, 15) is 14.0 Å². The van der Waals surface area contributed by atoms with Crippen molar-refractivity contribution in [2.75, 3.05) is 70.1 Å². The molecule has 1 aromatic heterocycles. The molecule has 1 atom stereocenters. The van der Waals surface area contributed by atoms with E-state index in [4.69, 9.17) is 0 Å². The number of hydrogen-bond acceptors (Lipinski definition) is 7. The lowest BCUT2D eigenvalue weighted by Crippen LogP contribution is -2.49. The molecule has 0 aromatic carbocycles. The van der Waals surface area contributed by atoms with E-state index in [-0.39, 0.29) is 12.3 Å². The molecule has 1 unspecified atom stereocenters. The highest BCUT2D eigenvalue weighted by molar-refractivity contribution is 5.84. The second-order valence-electron chi connectivity index (χ2n) is 8.62. The lowest BCUT2D eigenvalue weighted by Gasteiger charge is -2.38. The summed E-state index contributed by atoms with van der Waals surface area (Å²) in [5, 5.41) is 5.55. The van der Waals surface area contributed by atoms with Gasteiger partial charge in [-0.3, -0.25) is 9.69 Å². The van der Waals surface area contributed by atoms with Crippen LogP contribution in [0.15, 0.2) is 12.3 Å². The third-order valence-corrected chi connectivity index (χ3v) is 6.33. The number of nitrogens with zero attached hydrogens (tertiary/aromatic N) is 4. The molecular formula is C24H41FN6O2. The number of pyridine rings is 1. The summed E-state index contributed by atoms with van der Waals surface area (Å²) in [6, 6.07) is 0.773. The summed E-state index contributed by atoms with van der Waals surface area (Å²) < 4.78 is 14.8. The third kappa shape index (κ3) is 8.23. The Hall–Kier alpha value is -2.26. The van der Waals surface area contributed by atoms with Crippen molar-refractivity contribution in [3.63, 3.8) is 0 Å². The summed E-state index contributed by atoms with van der Waals surface area (Å²) in [5.41, 5.74) is 0.432.